The molecule has 0 saturated heterocycles. The molecule has 17 heavy (non-hydrogen) atoms. The second kappa shape index (κ2) is 5.07. The molecule has 0 aliphatic carbocycles. The third-order valence-corrected chi connectivity index (χ3v) is 2.07. The Morgan fingerprint density at radius 2 is 1.82 bits per heavy atom. The number of aromatic nitrogens is 2. The third kappa shape index (κ3) is 3.01. The Hall–Kier alpha value is -2.43. The van der Waals surface area contributed by atoms with E-state index in [4.69, 9.17) is 9.84 Å². The first-order valence-corrected chi connectivity index (χ1v) is 4.98. The number of carbonyl (C=O) groups is 1. The highest BCUT2D eigenvalue weighted by molar-refractivity contribution is 5.82. The van der Waals surface area contributed by atoms with Crippen LogP contribution in [-0.2, 0) is 6.61 Å². The molecule has 1 aromatic heterocycles. The van der Waals surface area contributed by atoms with Crippen molar-refractivity contribution in [1.82, 2.24) is 9.97 Å². The molecule has 1 heterocycles. The van der Waals surface area contributed by atoms with E-state index in [2.05, 4.69) is 9.97 Å². The largest absolute Gasteiger partial charge is 0.486 e. The van der Waals surface area contributed by atoms with Gasteiger partial charge in [0.1, 0.15) is 6.61 Å². The molecule has 0 aliphatic rings. The second-order valence-corrected chi connectivity index (χ2v) is 3.32. The summed E-state index contributed by atoms with van der Waals surface area (Å²) < 4.78 is 5.41. The van der Waals surface area contributed by atoms with Crippen LogP contribution in [0.25, 0.3) is 0 Å². The standard InChI is InChI=1S/C12H10N2O3/c15-12(16)11-13-6-10(7-14-11)17-8-9-4-2-1-3-5-9/h1-7H,8H2,(H,15,16). The lowest BCUT2D eigenvalue weighted by molar-refractivity contribution is 0.0683. The number of carboxylic acid groups (broad SMARTS) is 1. The topological polar surface area (TPSA) is 72.3 Å². The van der Waals surface area contributed by atoms with Gasteiger partial charge < -0.3 is 9.84 Å². The first-order valence-electron chi connectivity index (χ1n) is 4.98. The van der Waals surface area contributed by atoms with Crippen LogP contribution in [-0.4, -0.2) is 21.0 Å². The fraction of sp³-hybridized carbons (Fsp3) is 0.0833. The SMILES string of the molecule is O=C(O)c1ncc(OCc2ccccc2)cn1. The van der Waals surface area contributed by atoms with Crippen molar-refractivity contribution < 1.29 is 14.6 Å². The number of hydrogen-bond acceptors (Lipinski definition) is 4. The van der Waals surface area contributed by atoms with E-state index >= 15 is 0 Å². The van der Waals surface area contributed by atoms with E-state index in [9.17, 15) is 4.79 Å². The van der Waals surface area contributed by atoms with Gasteiger partial charge >= 0.3 is 5.97 Å². The van der Waals surface area contributed by atoms with Crippen LogP contribution in [0, 0.1) is 0 Å². The molecular formula is C12H10N2O3. The van der Waals surface area contributed by atoms with E-state index in [0.717, 1.165) is 5.56 Å². The fourth-order valence-electron chi connectivity index (χ4n) is 1.24. The van der Waals surface area contributed by atoms with Gasteiger partial charge in [0.15, 0.2) is 5.75 Å². The number of carboxylic acids is 1. The molecule has 0 amide bonds. The number of nitrogens with zero attached hydrogens (tertiary/aromatic N) is 2. The average Bonchev–Trinajstić information content (AvgIpc) is 2.38. The molecule has 0 fully saturated rings. The summed E-state index contributed by atoms with van der Waals surface area (Å²) in [6, 6.07) is 9.64. The number of rotatable bonds is 4. The van der Waals surface area contributed by atoms with Crippen LogP contribution >= 0.6 is 0 Å². The van der Waals surface area contributed by atoms with Gasteiger partial charge in [-0.05, 0) is 5.56 Å². The van der Waals surface area contributed by atoms with Gasteiger partial charge in [0.2, 0.25) is 5.82 Å². The van der Waals surface area contributed by atoms with Gasteiger partial charge in [0, 0.05) is 0 Å². The summed E-state index contributed by atoms with van der Waals surface area (Å²) in [5.41, 5.74) is 1.02. The minimum absolute atomic E-state index is 0.239. The Balaban J connectivity index is 1.98. The maximum Gasteiger partial charge on any atom is 0.373 e. The van der Waals surface area contributed by atoms with Gasteiger partial charge in [0.05, 0.1) is 12.4 Å². The maximum atomic E-state index is 10.5. The molecule has 0 atom stereocenters. The highest BCUT2D eigenvalue weighted by Crippen LogP contribution is 2.09. The van der Waals surface area contributed by atoms with Crippen LogP contribution in [0.1, 0.15) is 16.2 Å². The summed E-state index contributed by atoms with van der Waals surface area (Å²) in [6.45, 7) is 0.399. The quantitative estimate of drug-likeness (QED) is 0.866. The van der Waals surface area contributed by atoms with Crippen molar-refractivity contribution in [2.75, 3.05) is 0 Å². The highest BCUT2D eigenvalue weighted by Gasteiger charge is 2.05. The van der Waals surface area contributed by atoms with Crippen molar-refractivity contribution in [3.05, 3.63) is 54.1 Å². The van der Waals surface area contributed by atoms with Crippen molar-refractivity contribution in [2.24, 2.45) is 0 Å². The lowest BCUT2D eigenvalue weighted by Gasteiger charge is -2.05. The zero-order chi connectivity index (χ0) is 12.1. The van der Waals surface area contributed by atoms with Crippen LogP contribution in [0.2, 0.25) is 0 Å². The molecule has 1 aromatic carbocycles. The summed E-state index contributed by atoms with van der Waals surface area (Å²) in [5, 5.41) is 8.62. The van der Waals surface area contributed by atoms with Gasteiger partial charge in [-0.2, -0.15) is 0 Å². The number of aromatic carboxylic acids is 1. The lowest BCUT2D eigenvalue weighted by atomic mass is 10.2. The minimum atomic E-state index is -1.15. The van der Waals surface area contributed by atoms with E-state index in [1.165, 1.54) is 12.4 Å². The van der Waals surface area contributed by atoms with Gasteiger partial charge in [-0.1, -0.05) is 30.3 Å². The molecule has 0 unspecified atom stereocenters. The molecule has 86 valence electrons. The van der Waals surface area contributed by atoms with Crippen LogP contribution in [0.4, 0.5) is 0 Å². The Morgan fingerprint density at radius 1 is 1.18 bits per heavy atom. The minimum Gasteiger partial charge on any atom is -0.486 e. The van der Waals surface area contributed by atoms with Crippen LogP contribution in [0.5, 0.6) is 5.75 Å². The summed E-state index contributed by atoms with van der Waals surface area (Å²) in [4.78, 5) is 17.8. The molecule has 5 heteroatoms. The van der Waals surface area contributed by atoms with Crippen LogP contribution in [0.3, 0.4) is 0 Å². The highest BCUT2D eigenvalue weighted by atomic mass is 16.5. The van der Waals surface area contributed by atoms with Crippen molar-refractivity contribution in [2.45, 2.75) is 6.61 Å². The molecule has 2 aromatic rings. The molecule has 0 aliphatic heterocycles. The maximum absolute atomic E-state index is 10.5. The Bertz CT molecular complexity index is 497. The Kier molecular flexibility index (Phi) is 3.30. The van der Waals surface area contributed by atoms with Crippen molar-refractivity contribution in [1.29, 1.82) is 0 Å². The van der Waals surface area contributed by atoms with Gasteiger partial charge in [0.25, 0.3) is 0 Å². The van der Waals surface area contributed by atoms with Crippen LogP contribution < -0.4 is 4.74 Å². The van der Waals surface area contributed by atoms with Crippen molar-refractivity contribution in [3.8, 4) is 5.75 Å². The molecule has 0 radical (unpaired) electrons. The number of benzene rings is 1. The summed E-state index contributed by atoms with van der Waals surface area (Å²) in [6.07, 6.45) is 2.69. The molecule has 1 N–H and O–H groups in total. The van der Waals surface area contributed by atoms with E-state index < -0.39 is 5.97 Å². The third-order valence-electron chi connectivity index (χ3n) is 2.07. The molecule has 2 rings (SSSR count). The Labute approximate surface area is 97.7 Å². The van der Waals surface area contributed by atoms with Crippen molar-refractivity contribution >= 4 is 5.97 Å². The summed E-state index contributed by atoms with van der Waals surface area (Å²) >= 11 is 0. The van der Waals surface area contributed by atoms with Crippen LogP contribution in [0.15, 0.2) is 42.7 Å². The van der Waals surface area contributed by atoms with E-state index in [1.807, 2.05) is 30.3 Å². The molecule has 5 nitrogen and oxygen atoms in total. The summed E-state index contributed by atoms with van der Waals surface area (Å²) in [7, 11) is 0. The van der Waals surface area contributed by atoms with Gasteiger partial charge in [-0.3, -0.25) is 0 Å². The molecule has 0 spiro atoms. The first kappa shape index (κ1) is 11.1. The van der Waals surface area contributed by atoms with E-state index in [0.29, 0.717) is 12.4 Å². The molecule has 0 saturated carbocycles. The van der Waals surface area contributed by atoms with Gasteiger partial charge in [-0.15, -0.1) is 0 Å². The zero-order valence-electron chi connectivity index (χ0n) is 8.91. The summed E-state index contributed by atoms with van der Waals surface area (Å²) in [5.74, 6) is -0.949. The average molecular weight is 230 g/mol. The smallest absolute Gasteiger partial charge is 0.373 e. The monoisotopic (exact) mass is 230 g/mol. The van der Waals surface area contributed by atoms with Crippen molar-refractivity contribution in [3.63, 3.8) is 0 Å². The predicted molar refractivity (Wildman–Crippen MR) is 59.8 cm³/mol. The number of ether oxygens (including phenoxy) is 1. The second-order valence-electron chi connectivity index (χ2n) is 3.32. The zero-order valence-corrected chi connectivity index (χ0v) is 8.91. The molecule has 0 bridgehead atoms. The lowest BCUT2D eigenvalue weighted by Crippen LogP contribution is -2.04. The predicted octanol–water partition coefficient (Wildman–Crippen LogP) is 1.75. The Morgan fingerprint density at radius 3 is 2.41 bits per heavy atom. The fourth-order valence-corrected chi connectivity index (χ4v) is 1.24. The van der Waals surface area contributed by atoms with Gasteiger partial charge in [-0.25, -0.2) is 14.8 Å². The normalized spacial score (nSPS) is 9.88. The first-order chi connectivity index (χ1) is 8.25. The van der Waals surface area contributed by atoms with E-state index in [-0.39, 0.29) is 5.82 Å². The molecular weight excluding hydrogens is 220 g/mol. The van der Waals surface area contributed by atoms with E-state index in [1.54, 1.807) is 0 Å². The number of hydrogen-bond donors (Lipinski definition) is 1.